The maximum atomic E-state index is 12.0. The van der Waals surface area contributed by atoms with E-state index in [1.807, 2.05) is 0 Å². The summed E-state index contributed by atoms with van der Waals surface area (Å²) in [6.45, 7) is 0.323. The summed E-state index contributed by atoms with van der Waals surface area (Å²) in [7, 11) is 1.26. The number of carbonyl (C=O) groups excluding carboxylic acids is 3. The third-order valence-corrected chi connectivity index (χ3v) is 2.80. The van der Waals surface area contributed by atoms with E-state index < -0.39 is 18.0 Å². The molecule has 0 fully saturated rings. The van der Waals surface area contributed by atoms with Crippen LogP contribution < -0.4 is 16.4 Å². The van der Waals surface area contributed by atoms with E-state index in [2.05, 4.69) is 15.4 Å². The van der Waals surface area contributed by atoms with Crippen LogP contribution in [0.25, 0.3) is 0 Å². The number of hydrogen-bond acceptors (Lipinski definition) is 4. The molecule has 1 aromatic rings. The lowest BCUT2D eigenvalue weighted by molar-refractivity contribution is -0.143. The van der Waals surface area contributed by atoms with Gasteiger partial charge in [0.05, 0.1) is 7.11 Å². The number of nitrogens with one attached hydrogen (secondary N) is 2. The van der Waals surface area contributed by atoms with E-state index in [1.54, 1.807) is 30.3 Å². The van der Waals surface area contributed by atoms with Crippen molar-refractivity contribution in [3.63, 3.8) is 0 Å². The van der Waals surface area contributed by atoms with Gasteiger partial charge in [-0.05, 0) is 25.0 Å². The summed E-state index contributed by atoms with van der Waals surface area (Å²) >= 11 is 0. The first kappa shape index (κ1) is 16.5. The Morgan fingerprint density at radius 1 is 1.24 bits per heavy atom. The predicted octanol–water partition coefficient (Wildman–Crippen LogP) is 0.407. The summed E-state index contributed by atoms with van der Waals surface area (Å²) in [5, 5.41) is 5.03. The zero-order valence-corrected chi connectivity index (χ0v) is 11.8. The number of methoxy groups -OCH3 is 1. The van der Waals surface area contributed by atoms with E-state index in [0.717, 1.165) is 0 Å². The molecule has 1 aromatic carbocycles. The first-order chi connectivity index (χ1) is 10.0. The van der Waals surface area contributed by atoms with Crippen molar-refractivity contribution in [2.24, 2.45) is 5.73 Å². The molecule has 0 bridgehead atoms. The lowest BCUT2D eigenvalue weighted by atomic mass is 10.1. The first-order valence-corrected chi connectivity index (χ1v) is 6.51. The molecule has 0 aliphatic rings. The van der Waals surface area contributed by atoms with Crippen LogP contribution in [-0.4, -0.2) is 37.6 Å². The molecule has 0 heterocycles. The summed E-state index contributed by atoms with van der Waals surface area (Å²) in [6.07, 6.45) is 0.823. The van der Waals surface area contributed by atoms with Crippen LogP contribution in [-0.2, 0) is 9.53 Å². The number of urea groups is 1. The molecule has 0 radical (unpaired) electrons. The minimum atomic E-state index is -0.766. The second-order valence-corrected chi connectivity index (χ2v) is 4.35. The molecule has 0 aliphatic carbocycles. The highest BCUT2D eigenvalue weighted by Gasteiger charge is 2.21. The molecule has 0 aliphatic heterocycles. The van der Waals surface area contributed by atoms with E-state index in [1.165, 1.54) is 7.11 Å². The van der Waals surface area contributed by atoms with Crippen molar-refractivity contribution in [3.8, 4) is 0 Å². The predicted molar refractivity (Wildman–Crippen MR) is 76.5 cm³/mol. The highest BCUT2D eigenvalue weighted by Crippen LogP contribution is 2.03. The molecule has 0 saturated carbocycles. The van der Waals surface area contributed by atoms with Gasteiger partial charge in [0.2, 0.25) is 0 Å². The number of esters is 1. The second kappa shape index (κ2) is 8.57. The molecule has 0 saturated heterocycles. The zero-order valence-electron chi connectivity index (χ0n) is 11.8. The van der Waals surface area contributed by atoms with Gasteiger partial charge in [0.25, 0.3) is 5.91 Å². The van der Waals surface area contributed by atoms with Crippen LogP contribution in [0.5, 0.6) is 0 Å². The summed E-state index contributed by atoms with van der Waals surface area (Å²) in [5.74, 6) is -0.882. The smallest absolute Gasteiger partial charge is 0.328 e. The van der Waals surface area contributed by atoms with Gasteiger partial charge in [-0.25, -0.2) is 9.59 Å². The van der Waals surface area contributed by atoms with Crippen LogP contribution in [0.2, 0.25) is 0 Å². The summed E-state index contributed by atoms with van der Waals surface area (Å²) in [6, 6.07) is 7.17. The average molecular weight is 293 g/mol. The van der Waals surface area contributed by atoms with Gasteiger partial charge in [-0.2, -0.15) is 0 Å². The SMILES string of the molecule is COC(=O)[C@@H](CCCNC(N)=O)NC(=O)c1ccccc1. The van der Waals surface area contributed by atoms with Crippen molar-refractivity contribution >= 4 is 17.9 Å². The minimum absolute atomic E-state index is 0.323. The van der Waals surface area contributed by atoms with Crippen LogP contribution in [0.15, 0.2) is 30.3 Å². The first-order valence-electron chi connectivity index (χ1n) is 6.51. The number of primary amides is 1. The lowest BCUT2D eigenvalue weighted by Gasteiger charge is -2.16. The Morgan fingerprint density at radius 2 is 1.90 bits per heavy atom. The molecule has 21 heavy (non-hydrogen) atoms. The van der Waals surface area contributed by atoms with Gasteiger partial charge in [-0.1, -0.05) is 18.2 Å². The molecule has 0 aromatic heterocycles. The molecular formula is C14H19N3O4. The monoisotopic (exact) mass is 293 g/mol. The molecule has 1 atom stereocenters. The Kier molecular flexibility index (Phi) is 6.73. The molecule has 3 amide bonds. The third-order valence-electron chi connectivity index (χ3n) is 2.80. The summed E-state index contributed by atoms with van der Waals surface area (Å²) in [5.41, 5.74) is 5.40. The summed E-state index contributed by atoms with van der Waals surface area (Å²) in [4.78, 5) is 34.2. The van der Waals surface area contributed by atoms with Gasteiger partial charge in [0.15, 0.2) is 0 Å². The maximum absolute atomic E-state index is 12.0. The highest BCUT2D eigenvalue weighted by atomic mass is 16.5. The Morgan fingerprint density at radius 3 is 2.48 bits per heavy atom. The van der Waals surface area contributed by atoms with Gasteiger partial charge in [-0.3, -0.25) is 4.79 Å². The third kappa shape index (κ3) is 5.94. The van der Waals surface area contributed by atoms with Crippen molar-refractivity contribution in [1.29, 1.82) is 0 Å². The van der Waals surface area contributed by atoms with E-state index in [4.69, 9.17) is 5.73 Å². The fraction of sp³-hybridized carbons (Fsp3) is 0.357. The molecule has 0 spiro atoms. The summed E-state index contributed by atoms with van der Waals surface area (Å²) < 4.78 is 4.66. The quantitative estimate of drug-likeness (QED) is 0.499. The fourth-order valence-electron chi connectivity index (χ4n) is 1.74. The molecule has 7 nitrogen and oxygen atoms in total. The number of ether oxygens (including phenoxy) is 1. The fourth-order valence-corrected chi connectivity index (χ4v) is 1.74. The second-order valence-electron chi connectivity index (χ2n) is 4.35. The largest absolute Gasteiger partial charge is 0.467 e. The Labute approximate surface area is 122 Å². The van der Waals surface area contributed by atoms with E-state index in [0.29, 0.717) is 24.9 Å². The van der Waals surface area contributed by atoms with E-state index in [-0.39, 0.29) is 5.91 Å². The number of amides is 3. The van der Waals surface area contributed by atoms with Gasteiger partial charge < -0.3 is 21.1 Å². The van der Waals surface area contributed by atoms with Gasteiger partial charge in [-0.15, -0.1) is 0 Å². The number of carbonyl (C=O) groups is 3. The van der Waals surface area contributed by atoms with Crippen LogP contribution in [0.4, 0.5) is 4.79 Å². The molecule has 1 rings (SSSR count). The van der Waals surface area contributed by atoms with Crippen LogP contribution in [0.1, 0.15) is 23.2 Å². The number of rotatable bonds is 7. The van der Waals surface area contributed by atoms with Crippen molar-refractivity contribution in [2.45, 2.75) is 18.9 Å². The Bertz CT molecular complexity index is 490. The normalized spacial score (nSPS) is 11.3. The molecule has 7 heteroatoms. The van der Waals surface area contributed by atoms with Crippen molar-refractivity contribution < 1.29 is 19.1 Å². The van der Waals surface area contributed by atoms with E-state index in [9.17, 15) is 14.4 Å². The Hall–Kier alpha value is -2.57. The van der Waals surface area contributed by atoms with Crippen LogP contribution in [0.3, 0.4) is 0 Å². The van der Waals surface area contributed by atoms with Gasteiger partial charge in [0, 0.05) is 12.1 Å². The maximum Gasteiger partial charge on any atom is 0.328 e. The highest BCUT2D eigenvalue weighted by molar-refractivity contribution is 5.96. The van der Waals surface area contributed by atoms with Gasteiger partial charge >= 0.3 is 12.0 Å². The number of nitrogens with two attached hydrogens (primary N) is 1. The van der Waals surface area contributed by atoms with Gasteiger partial charge in [0.1, 0.15) is 6.04 Å². The van der Waals surface area contributed by atoms with Crippen molar-refractivity contribution in [2.75, 3.05) is 13.7 Å². The van der Waals surface area contributed by atoms with Crippen molar-refractivity contribution in [3.05, 3.63) is 35.9 Å². The number of hydrogen-bond donors (Lipinski definition) is 3. The molecular weight excluding hydrogens is 274 g/mol. The number of benzene rings is 1. The molecule has 114 valence electrons. The topological polar surface area (TPSA) is 111 Å². The van der Waals surface area contributed by atoms with Crippen molar-refractivity contribution in [1.82, 2.24) is 10.6 Å². The average Bonchev–Trinajstić information content (AvgIpc) is 2.50. The molecule has 0 unspecified atom stereocenters. The van der Waals surface area contributed by atoms with Crippen LogP contribution in [0, 0.1) is 0 Å². The standard InChI is InChI=1S/C14H19N3O4/c1-21-13(19)11(8-5-9-16-14(15)20)17-12(18)10-6-3-2-4-7-10/h2-4,6-7,11H,5,8-9H2,1H3,(H,17,18)(H3,15,16,20)/t11-/m1/s1. The zero-order chi connectivity index (χ0) is 15.7. The molecule has 4 N–H and O–H groups in total. The van der Waals surface area contributed by atoms with Crippen LogP contribution >= 0.6 is 0 Å². The Balaban J connectivity index is 2.55. The van der Waals surface area contributed by atoms with E-state index >= 15 is 0 Å². The minimum Gasteiger partial charge on any atom is -0.467 e. The lowest BCUT2D eigenvalue weighted by Crippen LogP contribution is -2.42.